The van der Waals surface area contributed by atoms with Crippen LogP contribution in [-0.4, -0.2) is 39.4 Å². The highest BCUT2D eigenvalue weighted by Gasteiger charge is 2.20. The van der Waals surface area contributed by atoms with Crippen molar-refractivity contribution in [1.82, 2.24) is 5.32 Å². The van der Waals surface area contributed by atoms with Gasteiger partial charge in [0.05, 0.1) is 17.0 Å². The van der Waals surface area contributed by atoms with Crippen molar-refractivity contribution < 1.29 is 14.1 Å². The normalized spacial score (nSPS) is 21.9. The lowest BCUT2D eigenvalue weighted by atomic mass is 10.1. The third kappa shape index (κ3) is 4.44. The first kappa shape index (κ1) is 15.2. The molecule has 0 aromatic carbocycles. The molecular formula is C14H17NO3S2. The maximum absolute atomic E-state index is 12.1. The van der Waals surface area contributed by atoms with Gasteiger partial charge in [-0.05, 0) is 18.9 Å². The molecule has 2 N–H and O–H groups in total. The van der Waals surface area contributed by atoms with E-state index in [1.165, 1.54) is 11.3 Å². The van der Waals surface area contributed by atoms with Gasteiger partial charge in [0.1, 0.15) is 0 Å². The number of hydrogen-bond donors (Lipinski definition) is 2. The molecular weight excluding hydrogens is 294 g/mol. The van der Waals surface area contributed by atoms with Gasteiger partial charge in [-0.15, -0.1) is 11.3 Å². The van der Waals surface area contributed by atoms with Gasteiger partial charge in [-0.2, -0.15) is 0 Å². The molecule has 1 aromatic rings. The highest BCUT2D eigenvalue weighted by atomic mass is 32.2. The predicted octanol–water partition coefficient (Wildman–Crippen LogP) is 1.12. The van der Waals surface area contributed by atoms with E-state index in [9.17, 15) is 9.00 Å². The Bertz CT molecular complexity index is 546. The number of rotatable bonds is 3. The summed E-state index contributed by atoms with van der Waals surface area (Å²) in [5, 5.41) is 13.4. The van der Waals surface area contributed by atoms with E-state index in [1.807, 2.05) is 0 Å². The minimum Gasteiger partial charge on any atom is -0.395 e. The van der Waals surface area contributed by atoms with Crippen molar-refractivity contribution in [2.45, 2.75) is 25.3 Å². The van der Waals surface area contributed by atoms with Crippen molar-refractivity contribution in [1.29, 1.82) is 0 Å². The van der Waals surface area contributed by atoms with E-state index in [1.54, 1.807) is 11.4 Å². The highest BCUT2D eigenvalue weighted by Crippen LogP contribution is 2.15. The lowest BCUT2D eigenvalue weighted by molar-refractivity contribution is 0.0935. The van der Waals surface area contributed by atoms with Crippen molar-refractivity contribution in [2.75, 3.05) is 18.1 Å². The van der Waals surface area contributed by atoms with E-state index in [4.69, 9.17) is 5.11 Å². The molecule has 1 aromatic heterocycles. The zero-order valence-electron chi connectivity index (χ0n) is 11.1. The van der Waals surface area contributed by atoms with Gasteiger partial charge in [0.15, 0.2) is 0 Å². The van der Waals surface area contributed by atoms with Crippen molar-refractivity contribution in [2.24, 2.45) is 0 Å². The van der Waals surface area contributed by atoms with Crippen molar-refractivity contribution in [3.8, 4) is 11.8 Å². The van der Waals surface area contributed by atoms with Crippen molar-refractivity contribution in [3.63, 3.8) is 0 Å². The van der Waals surface area contributed by atoms with Gasteiger partial charge in [-0.1, -0.05) is 11.8 Å². The Morgan fingerprint density at radius 3 is 2.95 bits per heavy atom. The van der Waals surface area contributed by atoms with Gasteiger partial charge in [0, 0.05) is 40.1 Å². The second kappa shape index (κ2) is 7.58. The number of aliphatic hydroxyl groups excluding tert-OH is 1. The van der Waals surface area contributed by atoms with Gasteiger partial charge in [0.2, 0.25) is 0 Å². The Kier molecular flexibility index (Phi) is 5.77. The van der Waals surface area contributed by atoms with E-state index in [0.717, 1.165) is 17.7 Å². The van der Waals surface area contributed by atoms with Crippen LogP contribution >= 0.6 is 11.3 Å². The molecule has 2 rings (SSSR count). The molecule has 0 aliphatic carbocycles. The number of carbonyl (C=O) groups excluding carboxylic acids is 1. The van der Waals surface area contributed by atoms with Crippen molar-refractivity contribution in [3.05, 3.63) is 21.9 Å². The Balaban J connectivity index is 1.90. The van der Waals surface area contributed by atoms with Crippen LogP contribution in [0.3, 0.4) is 0 Å². The molecule has 0 saturated carbocycles. The molecule has 1 aliphatic heterocycles. The van der Waals surface area contributed by atoms with Crippen LogP contribution in [0, 0.1) is 11.8 Å². The standard InChI is InChI=1S/C14H17NO3S2/c16-6-2-1-3-13-9-11(10-19-13)14(17)15-12-4-7-20(18)8-5-12/h9-10,12,16H,2,4-8H2,(H,15,17). The third-order valence-electron chi connectivity index (χ3n) is 3.03. The molecule has 0 radical (unpaired) electrons. The molecule has 20 heavy (non-hydrogen) atoms. The highest BCUT2D eigenvalue weighted by molar-refractivity contribution is 7.85. The van der Waals surface area contributed by atoms with E-state index < -0.39 is 10.8 Å². The molecule has 0 spiro atoms. The first-order valence-corrected chi connectivity index (χ1v) is 8.90. The first-order chi connectivity index (χ1) is 9.69. The molecule has 0 unspecified atom stereocenters. The fraction of sp³-hybridized carbons (Fsp3) is 0.500. The molecule has 6 heteroatoms. The summed E-state index contributed by atoms with van der Waals surface area (Å²) in [5.74, 6) is 7.01. The molecule has 1 saturated heterocycles. The second-order valence-electron chi connectivity index (χ2n) is 4.57. The Labute approximate surface area is 125 Å². The number of nitrogens with one attached hydrogen (secondary N) is 1. The van der Waals surface area contributed by atoms with Gasteiger partial charge >= 0.3 is 0 Å². The zero-order valence-corrected chi connectivity index (χ0v) is 12.7. The minimum atomic E-state index is -0.709. The van der Waals surface area contributed by atoms with Gasteiger partial charge in [0.25, 0.3) is 5.91 Å². The summed E-state index contributed by atoms with van der Waals surface area (Å²) < 4.78 is 11.3. The average Bonchev–Trinajstić information content (AvgIpc) is 2.91. The molecule has 0 atom stereocenters. The largest absolute Gasteiger partial charge is 0.395 e. The van der Waals surface area contributed by atoms with E-state index in [-0.39, 0.29) is 18.6 Å². The van der Waals surface area contributed by atoms with Crippen LogP contribution in [0.2, 0.25) is 0 Å². The van der Waals surface area contributed by atoms with Crippen LogP contribution < -0.4 is 5.32 Å². The van der Waals surface area contributed by atoms with Crippen LogP contribution in [0.1, 0.15) is 34.5 Å². The van der Waals surface area contributed by atoms with Gasteiger partial charge < -0.3 is 10.4 Å². The molecule has 1 aliphatic rings. The Morgan fingerprint density at radius 2 is 2.25 bits per heavy atom. The number of aliphatic hydroxyl groups is 1. The van der Waals surface area contributed by atoms with E-state index >= 15 is 0 Å². The lowest BCUT2D eigenvalue weighted by Gasteiger charge is -2.22. The van der Waals surface area contributed by atoms with Gasteiger partial charge in [-0.3, -0.25) is 9.00 Å². The molecule has 1 fully saturated rings. The molecule has 0 bridgehead atoms. The fourth-order valence-corrected chi connectivity index (χ4v) is 3.99. The number of thiophene rings is 1. The number of amides is 1. The topological polar surface area (TPSA) is 66.4 Å². The smallest absolute Gasteiger partial charge is 0.252 e. The fourth-order valence-electron chi connectivity index (χ4n) is 1.93. The summed E-state index contributed by atoms with van der Waals surface area (Å²) in [6.45, 7) is 0.0504. The van der Waals surface area contributed by atoms with Crippen LogP contribution in [0.25, 0.3) is 0 Å². The van der Waals surface area contributed by atoms with Crippen LogP contribution in [0.4, 0.5) is 0 Å². The summed E-state index contributed by atoms with van der Waals surface area (Å²) >= 11 is 1.43. The summed E-state index contributed by atoms with van der Waals surface area (Å²) in [4.78, 5) is 12.9. The third-order valence-corrected chi connectivity index (χ3v) is 5.26. The summed E-state index contributed by atoms with van der Waals surface area (Å²) in [6, 6.07) is 1.90. The quantitative estimate of drug-likeness (QED) is 0.822. The number of carbonyl (C=O) groups is 1. The van der Waals surface area contributed by atoms with Crippen LogP contribution in [0.15, 0.2) is 11.4 Å². The molecule has 2 heterocycles. The molecule has 108 valence electrons. The summed E-state index contributed by atoms with van der Waals surface area (Å²) in [7, 11) is -0.709. The SMILES string of the molecule is O=C(NC1CCS(=O)CC1)c1csc(C#CCCO)c1. The van der Waals surface area contributed by atoms with Crippen LogP contribution in [0.5, 0.6) is 0 Å². The monoisotopic (exact) mass is 311 g/mol. The Hall–Kier alpha value is -1.16. The van der Waals surface area contributed by atoms with Crippen molar-refractivity contribution >= 4 is 28.0 Å². The second-order valence-corrected chi connectivity index (χ2v) is 7.18. The average molecular weight is 311 g/mol. The molecule has 4 nitrogen and oxygen atoms in total. The maximum atomic E-state index is 12.1. The Morgan fingerprint density at radius 1 is 1.50 bits per heavy atom. The number of hydrogen-bond acceptors (Lipinski definition) is 4. The minimum absolute atomic E-state index is 0.0504. The zero-order chi connectivity index (χ0) is 14.4. The van der Waals surface area contributed by atoms with E-state index in [2.05, 4.69) is 17.2 Å². The maximum Gasteiger partial charge on any atom is 0.252 e. The lowest BCUT2D eigenvalue weighted by Crippen LogP contribution is -2.39. The first-order valence-electron chi connectivity index (χ1n) is 6.53. The molecule has 1 amide bonds. The summed E-state index contributed by atoms with van der Waals surface area (Å²) in [6.07, 6.45) is 2.01. The predicted molar refractivity (Wildman–Crippen MR) is 81.3 cm³/mol. The van der Waals surface area contributed by atoms with E-state index in [0.29, 0.717) is 23.5 Å². The summed E-state index contributed by atoms with van der Waals surface area (Å²) in [5.41, 5.74) is 0.620. The van der Waals surface area contributed by atoms with Crippen LogP contribution in [-0.2, 0) is 10.8 Å². The van der Waals surface area contributed by atoms with Gasteiger partial charge in [-0.25, -0.2) is 0 Å².